The molecule has 0 aliphatic carbocycles. The highest BCUT2D eigenvalue weighted by Gasteiger charge is 2.05. The van der Waals surface area contributed by atoms with Gasteiger partial charge >= 0.3 is 0 Å². The van der Waals surface area contributed by atoms with Gasteiger partial charge in [-0.1, -0.05) is 48.5 Å². The lowest BCUT2D eigenvalue weighted by molar-refractivity contribution is 0.0989. The molecule has 0 radical (unpaired) electrons. The highest BCUT2D eigenvalue weighted by atomic mass is 32.2. The van der Waals surface area contributed by atoms with Gasteiger partial charge in [0.25, 0.3) is 0 Å². The summed E-state index contributed by atoms with van der Waals surface area (Å²) in [5.41, 5.74) is 2.08. The predicted molar refractivity (Wildman–Crippen MR) is 77.3 cm³/mol. The molecule has 0 aliphatic rings. The fourth-order valence-electron chi connectivity index (χ4n) is 1.74. The molecule has 2 rings (SSSR count). The average Bonchev–Trinajstić information content (AvgIpc) is 2.42. The Labute approximate surface area is 112 Å². The SMILES string of the molecule is Cc1ccccc1SCCC(=O)c1ccccc1. The molecule has 0 fully saturated rings. The molecule has 0 saturated heterocycles. The second kappa shape index (κ2) is 6.41. The van der Waals surface area contributed by atoms with Crippen LogP contribution in [0.2, 0.25) is 0 Å². The summed E-state index contributed by atoms with van der Waals surface area (Å²) in [4.78, 5) is 13.2. The Kier molecular flexibility index (Phi) is 4.59. The van der Waals surface area contributed by atoms with Gasteiger partial charge in [0.15, 0.2) is 5.78 Å². The molecule has 0 atom stereocenters. The molecule has 0 aliphatic heterocycles. The fraction of sp³-hybridized carbons (Fsp3) is 0.188. The van der Waals surface area contributed by atoms with Crippen LogP contribution in [0, 0.1) is 6.92 Å². The van der Waals surface area contributed by atoms with Gasteiger partial charge in [0.1, 0.15) is 0 Å². The number of rotatable bonds is 5. The third-order valence-corrected chi connectivity index (χ3v) is 3.95. The summed E-state index contributed by atoms with van der Waals surface area (Å²) >= 11 is 1.75. The number of benzene rings is 2. The minimum absolute atomic E-state index is 0.219. The molecule has 0 aromatic heterocycles. The minimum Gasteiger partial charge on any atom is -0.294 e. The van der Waals surface area contributed by atoms with Crippen molar-refractivity contribution in [2.75, 3.05) is 5.75 Å². The second-order valence-corrected chi connectivity index (χ2v) is 5.29. The van der Waals surface area contributed by atoms with Crippen LogP contribution in [0.4, 0.5) is 0 Å². The number of ketones is 1. The van der Waals surface area contributed by atoms with Gasteiger partial charge in [-0.25, -0.2) is 0 Å². The molecule has 18 heavy (non-hydrogen) atoms. The lowest BCUT2D eigenvalue weighted by atomic mass is 10.1. The summed E-state index contributed by atoms with van der Waals surface area (Å²) in [7, 11) is 0. The normalized spacial score (nSPS) is 10.3. The summed E-state index contributed by atoms with van der Waals surface area (Å²) in [5, 5.41) is 0. The van der Waals surface area contributed by atoms with Crippen molar-refractivity contribution in [1.82, 2.24) is 0 Å². The molecule has 2 aromatic carbocycles. The van der Waals surface area contributed by atoms with E-state index in [0.29, 0.717) is 6.42 Å². The smallest absolute Gasteiger partial charge is 0.163 e. The Morgan fingerprint density at radius 1 is 1.00 bits per heavy atom. The average molecular weight is 256 g/mol. The number of carbonyl (C=O) groups is 1. The lowest BCUT2D eigenvalue weighted by Crippen LogP contribution is -2.00. The highest BCUT2D eigenvalue weighted by Crippen LogP contribution is 2.22. The van der Waals surface area contributed by atoms with Gasteiger partial charge in [-0.05, 0) is 18.6 Å². The zero-order valence-corrected chi connectivity index (χ0v) is 11.2. The summed E-state index contributed by atoms with van der Waals surface area (Å²) in [6.45, 7) is 2.10. The predicted octanol–water partition coefficient (Wildman–Crippen LogP) is 4.36. The van der Waals surface area contributed by atoms with E-state index in [2.05, 4.69) is 19.1 Å². The number of hydrogen-bond donors (Lipinski definition) is 0. The van der Waals surface area contributed by atoms with E-state index in [1.54, 1.807) is 11.8 Å². The van der Waals surface area contributed by atoms with Crippen molar-refractivity contribution >= 4 is 17.5 Å². The van der Waals surface area contributed by atoms with E-state index in [-0.39, 0.29) is 5.78 Å². The van der Waals surface area contributed by atoms with E-state index in [9.17, 15) is 4.79 Å². The van der Waals surface area contributed by atoms with Crippen LogP contribution in [-0.2, 0) is 0 Å². The molecule has 0 saturated carbocycles. The monoisotopic (exact) mass is 256 g/mol. The summed E-state index contributed by atoms with van der Waals surface area (Å²) in [6, 6.07) is 17.8. The Balaban J connectivity index is 1.86. The zero-order chi connectivity index (χ0) is 12.8. The number of carbonyl (C=O) groups excluding carboxylic acids is 1. The third kappa shape index (κ3) is 3.47. The Hall–Kier alpha value is -1.54. The van der Waals surface area contributed by atoms with Gasteiger partial charge in [-0.2, -0.15) is 0 Å². The van der Waals surface area contributed by atoms with Gasteiger partial charge in [-0.15, -0.1) is 11.8 Å². The first-order valence-corrected chi connectivity index (χ1v) is 7.02. The van der Waals surface area contributed by atoms with Crippen LogP contribution in [0.5, 0.6) is 0 Å². The van der Waals surface area contributed by atoms with E-state index in [1.165, 1.54) is 10.5 Å². The Bertz CT molecular complexity index is 520. The van der Waals surface area contributed by atoms with E-state index in [1.807, 2.05) is 42.5 Å². The summed E-state index contributed by atoms with van der Waals surface area (Å²) in [5.74, 6) is 1.05. The van der Waals surface area contributed by atoms with Crippen molar-refractivity contribution in [2.24, 2.45) is 0 Å². The number of thioether (sulfide) groups is 1. The molecular weight excluding hydrogens is 240 g/mol. The molecule has 0 amide bonds. The molecule has 2 heteroatoms. The van der Waals surface area contributed by atoms with Crippen molar-refractivity contribution < 1.29 is 4.79 Å². The number of Topliss-reactive ketones (excluding diaryl/α,β-unsaturated/α-hetero) is 1. The van der Waals surface area contributed by atoms with E-state index < -0.39 is 0 Å². The van der Waals surface area contributed by atoms with E-state index >= 15 is 0 Å². The summed E-state index contributed by atoms with van der Waals surface area (Å²) in [6.07, 6.45) is 0.586. The van der Waals surface area contributed by atoms with Crippen LogP contribution < -0.4 is 0 Å². The molecule has 0 unspecified atom stereocenters. The highest BCUT2D eigenvalue weighted by molar-refractivity contribution is 7.99. The fourth-order valence-corrected chi connectivity index (χ4v) is 2.72. The lowest BCUT2D eigenvalue weighted by Gasteiger charge is -2.04. The maximum Gasteiger partial charge on any atom is 0.163 e. The van der Waals surface area contributed by atoms with E-state index in [4.69, 9.17) is 0 Å². The zero-order valence-electron chi connectivity index (χ0n) is 10.4. The van der Waals surface area contributed by atoms with E-state index in [0.717, 1.165) is 11.3 Å². The van der Waals surface area contributed by atoms with Crippen molar-refractivity contribution in [3.8, 4) is 0 Å². The van der Waals surface area contributed by atoms with Gasteiger partial charge in [0.2, 0.25) is 0 Å². The van der Waals surface area contributed by atoms with Gasteiger partial charge in [0.05, 0.1) is 0 Å². The van der Waals surface area contributed by atoms with Crippen molar-refractivity contribution in [2.45, 2.75) is 18.2 Å². The van der Waals surface area contributed by atoms with Gasteiger partial charge in [-0.3, -0.25) is 4.79 Å². The number of aryl methyl sites for hydroxylation is 1. The van der Waals surface area contributed by atoms with Gasteiger partial charge < -0.3 is 0 Å². The van der Waals surface area contributed by atoms with Crippen LogP contribution in [0.1, 0.15) is 22.3 Å². The molecule has 0 N–H and O–H groups in total. The Morgan fingerprint density at radius 2 is 1.67 bits per heavy atom. The van der Waals surface area contributed by atoms with Crippen molar-refractivity contribution in [3.63, 3.8) is 0 Å². The quantitative estimate of drug-likeness (QED) is 0.584. The summed E-state index contributed by atoms with van der Waals surface area (Å²) < 4.78 is 0. The minimum atomic E-state index is 0.219. The number of hydrogen-bond acceptors (Lipinski definition) is 2. The van der Waals surface area contributed by atoms with Crippen LogP contribution in [0.25, 0.3) is 0 Å². The first-order chi connectivity index (χ1) is 8.77. The molecule has 0 bridgehead atoms. The van der Waals surface area contributed by atoms with Crippen molar-refractivity contribution in [3.05, 3.63) is 65.7 Å². The molecule has 0 spiro atoms. The van der Waals surface area contributed by atoms with Crippen LogP contribution in [-0.4, -0.2) is 11.5 Å². The van der Waals surface area contributed by atoms with Crippen molar-refractivity contribution in [1.29, 1.82) is 0 Å². The maximum atomic E-state index is 11.9. The molecule has 2 aromatic rings. The Morgan fingerprint density at radius 3 is 2.39 bits per heavy atom. The van der Waals surface area contributed by atoms with Crippen LogP contribution in [0.3, 0.4) is 0 Å². The van der Waals surface area contributed by atoms with Crippen LogP contribution in [0.15, 0.2) is 59.5 Å². The van der Waals surface area contributed by atoms with Gasteiger partial charge in [0, 0.05) is 22.6 Å². The standard InChI is InChI=1S/C16H16OS/c1-13-7-5-6-10-16(13)18-12-11-15(17)14-8-3-2-4-9-14/h2-10H,11-12H2,1H3. The second-order valence-electron chi connectivity index (χ2n) is 4.15. The third-order valence-electron chi connectivity index (χ3n) is 2.78. The molecular formula is C16H16OS. The molecule has 1 nitrogen and oxygen atoms in total. The molecule has 92 valence electrons. The first kappa shape index (κ1) is 12.9. The largest absolute Gasteiger partial charge is 0.294 e. The topological polar surface area (TPSA) is 17.1 Å². The molecule has 0 heterocycles. The first-order valence-electron chi connectivity index (χ1n) is 6.04. The maximum absolute atomic E-state index is 11.9. The van der Waals surface area contributed by atoms with Crippen LogP contribution >= 0.6 is 11.8 Å².